The van der Waals surface area contributed by atoms with E-state index in [1.807, 2.05) is 0 Å². The molecule has 0 aromatic heterocycles. The summed E-state index contributed by atoms with van der Waals surface area (Å²) in [5.41, 5.74) is 0. The van der Waals surface area contributed by atoms with E-state index in [9.17, 15) is 0 Å². The summed E-state index contributed by atoms with van der Waals surface area (Å²) >= 11 is 0. The van der Waals surface area contributed by atoms with Crippen molar-refractivity contribution in [2.45, 2.75) is 0 Å². The zero-order chi connectivity index (χ0) is 4.50. The van der Waals surface area contributed by atoms with Gasteiger partial charge < -0.3 is 28.2 Å². The second kappa shape index (κ2) is 8.27. The first kappa shape index (κ1) is 22.8. The van der Waals surface area contributed by atoms with Crippen molar-refractivity contribution < 1.29 is 38.1 Å². The molecule has 0 radical (unpaired) electrons. The Morgan fingerprint density at radius 3 is 1.38 bits per heavy atom. The zero-order valence-corrected chi connectivity index (χ0v) is 5.28. The van der Waals surface area contributed by atoms with E-state index in [4.69, 9.17) is 19.2 Å². The number of hydrogen-bond donors (Lipinski definition) is 2. The van der Waals surface area contributed by atoms with Crippen LogP contribution in [-0.2, 0) is 18.1 Å². The van der Waals surface area contributed by atoms with E-state index in [0.29, 0.717) is 0 Å². The van der Waals surface area contributed by atoms with Crippen LogP contribution in [0.25, 0.3) is 0 Å². The fourth-order valence-corrected chi connectivity index (χ4v) is 0. The normalized spacial score (nSPS) is 7.38. The molecule has 48 valence electrons. The SMILES string of the molecule is O=P([O-])(O)O.[Li+].[S-2].[SiH6+2]. The predicted octanol–water partition coefficient (Wildman–Crippen LogP) is -6.55. The van der Waals surface area contributed by atoms with E-state index < -0.39 is 7.82 Å². The summed E-state index contributed by atoms with van der Waals surface area (Å²) in [6.45, 7) is 0. The molecule has 0 aliphatic rings. The predicted molar refractivity (Wildman–Crippen MR) is 33.5 cm³/mol. The molecule has 0 aliphatic heterocycles. The number of phosphoric acid groups is 1. The molecule has 0 bridgehead atoms. The summed E-state index contributed by atoms with van der Waals surface area (Å²) < 4.78 is 8.77. The van der Waals surface area contributed by atoms with Crippen molar-refractivity contribution in [3.05, 3.63) is 0 Å². The van der Waals surface area contributed by atoms with Gasteiger partial charge in [-0.2, -0.15) is 0 Å². The van der Waals surface area contributed by atoms with Crippen LogP contribution in [0.4, 0.5) is 0 Å². The van der Waals surface area contributed by atoms with Crippen molar-refractivity contribution in [3.8, 4) is 0 Å². The quantitative estimate of drug-likeness (QED) is 0.280. The molecular formula is H8LiO4PSSi. The zero-order valence-electron chi connectivity index (χ0n) is 3.57. The van der Waals surface area contributed by atoms with E-state index in [-0.39, 0.29) is 43.3 Å². The molecule has 0 saturated heterocycles. The van der Waals surface area contributed by atoms with Crippen molar-refractivity contribution in [2.24, 2.45) is 0 Å². The molecule has 0 aromatic rings. The minimum Gasteiger partial charge on any atom is -2.00 e. The van der Waals surface area contributed by atoms with Gasteiger partial charge in [0.05, 0.1) is 0 Å². The van der Waals surface area contributed by atoms with Gasteiger partial charge in [-0.1, -0.05) is 0 Å². The van der Waals surface area contributed by atoms with Crippen LogP contribution < -0.4 is 23.8 Å². The van der Waals surface area contributed by atoms with Crippen molar-refractivity contribution in [2.75, 3.05) is 0 Å². The van der Waals surface area contributed by atoms with Crippen molar-refractivity contribution in [3.63, 3.8) is 0 Å². The van der Waals surface area contributed by atoms with Gasteiger partial charge in [-0.3, -0.25) is 4.57 Å². The van der Waals surface area contributed by atoms with Gasteiger partial charge in [0.1, 0.15) is 0 Å². The Kier molecular flexibility index (Phi) is 23.6. The molecule has 8 heteroatoms. The maximum Gasteiger partial charge on any atom is 1.00 e. The molecule has 0 unspecified atom stereocenters. The van der Waals surface area contributed by atoms with Crippen LogP contribution in [0.5, 0.6) is 0 Å². The summed E-state index contributed by atoms with van der Waals surface area (Å²) in [6, 6.07) is 0. The van der Waals surface area contributed by atoms with Crippen molar-refractivity contribution in [1.82, 2.24) is 0 Å². The van der Waals surface area contributed by atoms with Crippen LogP contribution >= 0.6 is 7.82 Å². The van der Waals surface area contributed by atoms with Gasteiger partial charge in [-0.25, -0.2) is 0 Å². The molecule has 0 rings (SSSR count). The van der Waals surface area contributed by atoms with E-state index in [1.165, 1.54) is 0 Å². The minimum atomic E-state index is -4.89. The maximum atomic E-state index is 8.77. The van der Waals surface area contributed by atoms with Crippen molar-refractivity contribution >= 4 is 32.3 Å². The molecule has 0 spiro atoms. The third-order valence-corrected chi connectivity index (χ3v) is 0. The van der Waals surface area contributed by atoms with Crippen LogP contribution in [0.2, 0.25) is 0 Å². The Labute approximate surface area is 70.6 Å². The fraction of sp³-hybridized carbons (Fsp3) is 0. The van der Waals surface area contributed by atoms with E-state index >= 15 is 0 Å². The Balaban J connectivity index is -0.0000000267. The third kappa shape index (κ3) is 176. The molecule has 4 nitrogen and oxygen atoms in total. The average Bonchev–Trinajstić information content (AvgIpc) is 0.722. The van der Waals surface area contributed by atoms with Crippen LogP contribution in [0.15, 0.2) is 0 Å². The van der Waals surface area contributed by atoms with Gasteiger partial charge in [0.25, 0.3) is 7.82 Å². The third-order valence-electron chi connectivity index (χ3n) is 0. The average molecular weight is 170 g/mol. The van der Waals surface area contributed by atoms with E-state index in [0.717, 1.165) is 0 Å². The number of rotatable bonds is 0. The molecule has 2 N–H and O–H groups in total. The van der Waals surface area contributed by atoms with Gasteiger partial charge in [0.2, 0.25) is 0 Å². The topological polar surface area (TPSA) is 80.6 Å². The van der Waals surface area contributed by atoms with Crippen LogP contribution in [0, 0.1) is 0 Å². The molecule has 0 amide bonds. The summed E-state index contributed by atoms with van der Waals surface area (Å²) in [5, 5.41) is 0. The molecular weight excluding hydrogens is 162 g/mol. The van der Waals surface area contributed by atoms with Gasteiger partial charge in [0.15, 0.2) is 11.0 Å². The maximum absolute atomic E-state index is 8.77. The largest absolute Gasteiger partial charge is 2.00 e. The molecule has 0 aliphatic carbocycles. The van der Waals surface area contributed by atoms with E-state index in [2.05, 4.69) is 0 Å². The van der Waals surface area contributed by atoms with Gasteiger partial charge in [-0.15, -0.1) is 0 Å². The summed E-state index contributed by atoms with van der Waals surface area (Å²) in [6.07, 6.45) is 0. The molecule has 0 aromatic carbocycles. The molecule has 0 fully saturated rings. The second-order valence-electron chi connectivity index (χ2n) is 0.491. The summed E-state index contributed by atoms with van der Waals surface area (Å²) in [7, 11) is -4.89. The number of hydrogen-bond acceptors (Lipinski definition) is 2. The Hall–Kier alpha value is 1.27. The van der Waals surface area contributed by atoms with Crippen molar-refractivity contribution in [1.29, 1.82) is 0 Å². The minimum absolute atomic E-state index is 0. The first-order chi connectivity index (χ1) is 2.00. The molecule has 0 heterocycles. The monoisotopic (exact) mass is 170 g/mol. The fourth-order valence-electron chi connectivity index (χ4n) is 0. The second-order valence-corrected chi connectivity index (χ2v) is 1.47. The van der Waals surface area contributed by atoms with Crippen LogP contribution in [0.1, 0.15) is 0 Å². The van der Waals surface area contributed by atoms with Crippen LogP contribution in [0.3, 0.4) is 0 Å². The molecule has 0 saturated carbocycles. The van der Waals surface area contributed by atoms with Crippen LogP contribution in [-0.4, -0.2) is 20.8 Å². The smallest absolute Gasteiger partial charge is 1.00 e. The van der Waals surface area contributed by atoms with Gasteiger partial charge in [-0.05, 0) is 0 Å². The molecule has 8 heavy (non-hydrogen) atoms. The van der Waals surface area contributed by atoms with Gasteiger partial charge in [0, 0.05) is 0 Å². The summed E-state index contributed by atoms with van der Waals surface area (Å²) in [5.74, 6) is 0. The van der Waals surface area contributed by atoms with E-state index in [1.54, 1.807) is 0 Å². The Morgan fingerprint density at radius 2 is 1.38 bits per heavy atom. The molecule has 0 atom stereocenters. The Morgan fingerprint density at radius 1 is 1.38 bits per heavy atom. The summed E-state index contributed by atoms with van der Waals surface area (Å²) in [4.78, 5) is 22.9. The first-order valence-corrected chi connectivity index (χ1v) is 2.30. The van der Waals surface area contributed by atoms with Gasteiger partial charge >= 0.3 is 18.9 Å². The Bertz CT molecular complexity index is 62.2. The first-order valence-electron chi connectivity index (χ1n) is 0.765. The standard InChI is InChI=1S/Li.H3O4P.S.H6Si/c;1-5(2,3)4;;/h;(H3,1,2,3,4);;1H6/q+1;;-2;+2/p-1.